The van der Waals surface area contributed by atoms with Crippen LogP contribution in [-0.2, 0) is 11.2 Å². The van der Waals surface area contributed by atoms with Gasteiger partial charge in [-0.1, -0.05) is 12.1 Å². The van der Waals surface area contributed by atoms with E-state index in [9.17, 15) is 14.0 Å². The Morgan fingerprint density at radius 1 is 1.17 bits per heavy atom. The summed E-state index contributed by atoms with van der Waals surface area (Å²) in [6, 6.07) is 11.6. The molecule has 154 valence electrons. The normalized spacial score (nSPS) is 20.1. The van der Waals surface area contributed by atoms with Gasteiger partial charge in [0.1, 0.15) is 17.3 Å². The number of nitrogens with zero attached hydrogens (tertiary/aromatic N) is 1. The van der Waals surface area contributed by atoms with Crippen molar-refractivity contribution in [2.75, 3.05) is 19.6 Å². The number of benzene rings is 2. The number of carbonyl (C=O) groups is 2. The molecule has 2 fully saturated rings. The minimum Gasteiger partial charge on any atom is -0.457 e. The summed E-state index contributed by atoms with van der Waals surface area (Å²) in [5.41, 5.74) is 6.63. The molecule has 6 nitrogen and oxygen atoms in total. The molecule has 2 heterocycles. The summed E-state index contributed by atoms with van der Waals surface area (Å²) in [4.78, 5) is 25.8. The molecule has 0 aliphatic carbocycles. The highest BCUT2D eigenvalue weighted by atomic mass is 35.5. The van der Waals surface area contributed by atoms with Gasteiger partial charge in [-0.15, -0.1) is 12.4 Å². The van der Waals surface area contributed by atoms with Crippen LogP contribution in [0.3, 0.4) is 0 Å². The van der Waals surface area contributed by atoms with Gasteiger partial charge in [0.15, 0.2) is 0 Å². The van der Waals surface area contributed by atoms with Crippen molar-refractivity contribution in [2.45, 2.75) is 18.9 Å². The van der Waals surface area contributed by atoms with E-state index in [1.54, 1.807) is 4.90 Å². The second kappa shape index (κ2) is 8.80. The predicted molar refractivity (Wildman–Crippen MR) is 109 cm³/mol. The number of amides is 2. The number of fused-ring (bicyclic) bond motifs is 1. The molecule has 8 heteroatoms. The fourth-order valence-corrected chi connectivity index (χ4v) is 3.84. The van der Waals surface area contributed by atoms with Gasteiger partial charge in [-0.2, -0.15) is 0 Å². The monoisotopic (exact) mass is 419 g/mol. The number of nitrogens with one attached hydrogen (secondary N) is 1. The molecule has 2 aromatic rings. The lowest BCUT2D eigenvalue weighted by atomic mass is 10.1. The van der Waals surface area contributed by atoms with Gasteiger partial charge >= 0.3 is 0 Å². The fourth-order valence-electron chi connectivity index (χ4n) is 3.84. The van der Waals surface area contributed by atoms with Crippen LogP contribution in [0, 0.1) is 11.7 Å². The predicted octanol–water partition coefficient (Wildman–Crippen LogP) is 2.50. The quantitative estimate of drug-likeness (QED) is 0.779. The van der Waals surface area contributed by atoms with E-state index in [1.165, 1.54) is 18.2 Å². The Morgan fingerprint density at radius 3 is 2.59 bits per heavy atom. The summed E-state index contributed by atoms with van der Waals surface area (Å²) in [6.45, 7) is 1.43. The fraction of sp³-hybridized carbons (Fsp3) is 0.333. The first-order chi connectivity index (χ1) is 13.5. The van der Waals surface area contributed by atoms with Gasteiger partial charge in [0.05, 0.1) is 11.6 Å². The van der Waals surface area contributed by atoms with E-state index in [4.69, 9.17) is 10.5 Å². The first-order valence-electron chi connectivity index (χ1n) is 9.38. The van der Waals surface area contributed by atoms with Crippen molar-refractivity contribution in [1.82, 2.24) is 10.2 Å². The molecule has 0 bridgehead atoms. The van der Waals surface area contributed by atoms with Gasteiger partial charge in [0.2, 0.25) is 5.91 Å². The number of rotatable bonds is 5. The second-order valence-electron chi connectivity index (χ2n) is 7.27. The third-order valence-electron chi connectivity index (χ3n) is 5.28. The van der Waals surface area contributed by atoms with Gasteiger partial charge < -0.3 is 20.7 Å². The lowest BCUT2D eigenvalue weighted by Crippen LogP contribution is -2.35. The second-order valence-corrected chi connectivity index (χ2v) is 7.27. The molecule has 0 saturated carbocycles. The van der Waals surface area contributed by atoms with E-state index in [2.05, 4.69) is 5.32 Å². The number of halogens is 2. The van der Waals surface area contributed by atoms with Crippen molar-refractivity contribution >= 4 is 24.2 Å². The lowest BCUT2D eigenvalue weighted by Gasteiger charge is -2.18. The maximum Gasteiger partial charge on any atom is 0.257 e. The molecule has 2 aromatic carbocycles. The van der Waals surface area contributed by atoms with Crippen molar-refractivity contribution in [3.8, 4) is 11.5 Å². The Morgan fingerprint density at radius 2 is 1.90 bits per heavy atom. The van der Waals surface area contributed by atoms with Crippen LogP contribution in [0.25, 0.3) is 0 Å². The van der Waals surface area contributed by atoms with E-state index in [0.29, 0.717) is 37.6 Å². The Labute approximate surface area is 174 Å². The van der Waals surface area contributed by atoms with Crippen LogP contribution < -0.4 is 15.8 Å². The molecular weight excluding hydrogens is 397 g/mol. The van der Waals surface area contributed by atoms with Crippen molar-refractivity contribution in [1.29, 1.82) is 0 Å². The van der Waals surface area contributed by atoms with Crippen LogP contribution in [0.4, 0.5) is 4.39 Å². The molecule has 2 aliphatic heterocycles. The first kappa shape index (κ1) is 21.1. The lowest BCUT2D eigenvalue weighted by molar-refractivity contribution is -0.119. The van der Waals surface area contributed by atoms with E-state index in [-0.39, 0.29) is 41.7 Å². The zero-order valence-corrected chi connectivity index (χ0v) is 16.6. The maximum atomic E-state index is 14.3. The summed E-state index contributed by atoms with van der Waals surface area (Å²) >= 11 is 0. The van der Waals surface area contributed by atoms with Crippen molar-refractivity contribution in [3.63, 3.8) is 0 Å². The van der Waals surface area contributed by atoms with Gasteiger partial charge in [-0.3, -0.25) is 9.59 Å². The van der Waals surface area contributed by atoms with Crippen molar-refractivity contribution in [2.24, 2.45) is 11.7 Å². The van der Waals surface area contributed by atoms with Crippen molar-refractivity contribution < 1.29 is 18.7 Å². The number of hydrogen-bond acceptors (Lipinski definition) is 4. The maximum absolute atomic E-state index is 14.3. The van der Waals surface area contributed by atoms with Crippen LogP contribution >= 0.6 is 12.4 Å². The third-order valence-corrected chi connectivity index (χ3v) is 5.28. The molecule has 0 radical (unpaired) electrons. The van der Waals surface area contributed by atoms with Crippen LogP contribution in [0.5, 0.6) is 11.5 Å². The SMILES string of the molecule is Cl.NCCc1ccc(Oc2ccc(F)c(C(=O)N3C[C@@H]4CC(=O)N[C@@H]4C3)c2)cc1. The summed E-state index contributed by atoms with van der Waals surface area (Å²) in [7, 11) is 0. The van der Waals surface area contributed by atoms with E-state index >= 15 is 0 Å². The Balaban J connectivity index is 0.00000240. The minimum atomic E-state index is -0.586. The number of hydrogen-bond donors (Lipinski definition) is 2. The molecule has 0 aromatic heterocycles. The van der Waals surface area contributed by atoms with Crippen LogP contribution in [-0.4, -0.2) is 42.4 Å². The van der Waals surface area contributed by atoms with E-state index in [1.807, 2.05) is 24.3 Å². The molecule has 0 spiro atoms. The molecule has 2 aliphatic rings. The summed E-state index contributed by atoms with van der Waals surface area (Å²) in [5, 5.41) is 2.87. The topological polar surface area (TPSA) is 84.7 Å². The molecule has 29 heavy (non-hydrogen) atoms. The van der Waals surface area contributed by atoms with Crippen LogP contribution in [0.2, 0.25) is 0 Å². The number of carbonyl (C=O) groups excluding carboxylic acids is 2. The summed E-state index contributed by atoms with van der Waals surface area (Å²) in [6.07, 6.45) is 1.20. The van der Waals surface area contributed by atoms with E-state index < -0.39 is 5.82 Å². The summed E-state index contributed by atoms with van der Waals surface area (Å²) in [5.74, 6) is 0.141. The smallest absolute Gasteiger partial charge is 0.257 e. The van der Waals surface area contributed by atoms with Gasteiger partial charge in [0, 0.05) is 25.4 Å². The average molecular weight is 420 g/mol. The molecule has 2 saturated heterocycles. The average Bonchev–Trinajstić information content (AvgIpc) is 3.22. The molecule has 2 amide bonds. The van der Waals surface area contributed by atoms with Gasteiger partial charge in [-0.05, 0) is 48.9 Å². The van der Waals surface area contributed by atoms with Gasteiger partial charge in [0.25, 0.3) is 5.91 Å². The van der Waals surface area contributed by atoms with Crippen molar-refractivity contribution in [3.05, 3.63) is 59.4 Å². The molecule has 2 atom stereocenters. The number of nitrogens with two attached hydrogens (primary N) is 1. The Hall–Kier alpha value is -2.64. The number of ether oxygens (including phenoxy) is 1. The molecule has 0 unspecified atom stereocenters. The zero-order valence-electron chi connectivity index (χ0n) is 15.8. The minimum absolute atomic E-state index is 0. The van der Waals surface area contributed by atoms with Crippen LogP contribution in [0.1, 0.15) is 22.3 Å². The summed E-state index contributed by atoms with van der Waals surface area (Å²) < 4.78 is 20.1. The van der Waals surface area contributed by atoms with Gasteiger partial charge in [-0.25, -0.2) is 4.39 Å². The highest BCUT2D eigenvalue weighted by Crippen LogP contribution is 2.29. The molecule has 4 rings (SSSR count). The first-order valence-corrected chi connectivity index (χ1v) is 9.38. The molecule has 3 N–H and O–H groups in total. The Bertz CT molecular complexity index is 891. The number of likely N-dealkylation sites (tertiary alicyclic amines) is 1. The highest BCUT2D eigenvalue weighted by Gasteiger charge is 2.42. The van der Waals surface area contributed by atoms with Crippen LogP contribution in [0.15, 0.2) is 42.5 Å². The Kier molecular flexibility index (Phi) is 6.39. The third kappa shape index (κ3) is 4.52. The standard InChI is InChI=1S/C21H22FN3O3.ClH/c22-18-6-5-16(28-15-3-1-13(2-4-15)7-8-23)10-17(18)21(27)25-11-14-9-20(26)24-19(14)12-25;/h1-6,10,14,19H,7-9,11-12,23H2,(H,24,26);1H/t14-,19+;/m0./s1. The van der Waals surface area contributed by atoms with E-state index in [0.717, 1.165) is 12.0 Å². The zero-order chi connectivity index (χ0) is 19.7. The largest absolute Gasteiger partial charge is 0.457 e. The molecular formula is C21H23ClFN3O3. The highest BCUT2D eigenvalue weighted by molar-refractivity contribution is 5.95.